The third-order valence-corrected chi connectivity index (χ3v) is 3.91. The average Bonchev–Trinajstić information content (AvgIpc) is 2.41. The quantitative estimate of drug-likeness (QED) is 0.875. The molecule has 2 rings (SSSR count). The van der Waals surface area contributed by atoms with Crippen LogP contribution in [-0.4, -0.2) is 31.1 Å². The second-order valence-corrected chi connectivity index (χ2v) is 6.01. The van der Waals surface area contributed by atoms with Crippen LogP contribution < -0.4 is 15.4 Å². The van der Waals surface area contributed by atoms with Crippen LogP contribution in [0.1, 0.15) is 37.3 Å². The van der Waals surface area contributed by atoms with Crippen LogP contribution in [-0.2, 0) is 4.79 Å². The van der Waals surface area contributed by atoms with Crippen molar-refractivity contribution >= 4 is 5.91 Å². The SMILES string of the molecule is Cc1ccc(OCCC(=O)NC2CCNC(C)C2)c(C)c1. The number of hydrogen-bond donors (Lipinski definition) is 2. The topological polar surface area (TPSA) is 50.4 Å². The minimum absolute atomic E-state index is 0.0823. The maximum absolute atomic E-state index is 11.9. The molecule has 0 aliphatic carbocycles. The van der Waals surface area contributed by atoms with Gasteiger partial charge in [0.05, 0.1) is 13.0 Å². The van der Waals surface area contributed by atoms with E-state index in [4.69, 9.17) is 4.74 Å². The summed E-state index contributed by atoms with van der Waals surface area (Å²) in [5, 5.41) is 6.48. The molecule has 1 aliphatic heterocycles. The molecule has 2 atom stereocenters. The summed E-state index contributed by atoms with van der Waals surface area (Å²) in [4.78, 5) is 11.9. The molecule has 21 heavy (non-hydrogen) atoms. The van der Waals surface area contributed by atoms with E-state index in [-0.39, 0.29) is 5.91 Å². The molecule has 116 valence electrons. The number of benzene rings is 1. The van der Waals surface area contributed by atoms with Gasteiger partial charge in [0.1, 0.15) is 5.75 Å². The summed E-state index contributed by atoms with van der Waals surface area (Å²) in [6.07, 6.45) is 2.42. The highest BCUT2D eigenvalue weighted by atomic mass is 16.5. The summed E-state index contributed by atoms with van der Waals surface area (Å²) in [6.45, 7) is 7.64. The Morgan fingerprint density at radius 1 is 1.43 bits per heavy atom. The van der Waals surface area contributed by atoms with Gasteiger partial charge in [-0.25, -0.2) is 0 Å². The standard InChI is InChI=1S/C17H26N2O2/c1-12-4-5-16(13(2)10-12)21-9-7-17(20)19-15-6-8-18-14(3)11-15/h4-5,10,14-15,18H,6-9,11H2,1-3H3,(H,19,20). The van der Waals surface area contributed by atoms with Gasteiger partial charge in [-0.1, -0.05) is 17.7 Å². The lowest BCUT2D eigenvalue weighted by molar-refractivity contribution is -0.122. The molecule has 0 bridgehead atoms. The highest BCUT2D eigenvalue weighted by Gasteiger charge is 2.19. The number of hydrogen-bond acceptors (Lipinski definition) is 3. The number of carbonyl (C=O) groups is 1. The summed E-state index contributed by atoms with van der Waals surface area (Å²) in [5.74, 6) is 0.947. The number of ether oxygens (including phenoxy) is 1. The summed E-state index contributed by atoms with van der Waals surface area (Å²) < 4.78 is 5.70. The van der Waals surface area contributed by atoms with Gasteiger partial charge < -0.3 is 15.4 Å². The second kappa shape index (κ2) is 7.46. The summed E-state index contributed by atoms with van der Waals surface area (Å²) >= 11 is 0. The Morgan fingerprint density at radius 2 is 2.24 bits per heavy atom. The first kappa shape index (κ1) is 15.8. The molecule has 2 unspecified atom stereocenters. The van der Waals surface area contributed by atoms with Gasteiger partial charge in [0, 0.05) is 12.1 Å². The fourth-order valence-electron chi connectivity index (χ4n) is 2.78. The van der Waals surface area contributed by atoms with Crippen LogP contribution in [0.5, 0.6) is 5.75 Å². The number of nitrogens with one attached hydrogen (secondary N) is 2. The molecule has 1 saturated heterocycles. The molecule has 2 N–H and O–H groups in total. The third-order valence-electron chi connectivity index (χ3n) is 3.91. The van der Waals surface area contributed by atoms with Crippen molar-refractivity contribution in [3.63, 3.8) is 0 Å². The molecule has 0 spiro atoms. The normalized spacial score (nSPS) is 21.9. The van der Waals surface area contributed by atoms with E-state index in [9.17, 15) is 4.79 Å². The predicted octanol–water partition coefficient (Wildman–Crippen LogP) is 2.33. The third kappa shape index (κ3) is 5.05. The Hall–Kier alpha value is -1.55. The number of rotatable bonds is 5. The Kier molecular flexibility index (Phi) is 5.62. The summed E-state index contributed by atoms with van der Waals surface area (Å²) in [6, 6.07) is 6.87. The zero-order valence-electron chi connectivity index (χ0n) is 13.2. The zero-order chi connectivity index (χ0) is 15.2. The van der Waals surface area contributed by atoms with Crippen molar-refractivity contribution in [1.82, 2.24) is 10.6 Å². The van der Waals surface area contributed by atoms with Crippen molar-refractivity contribution in [2.45, 2.75) is 52.1 Å². The Bertz CT molecular complexity index is 488. The monoisotopic (exact) mass is 290 g/mol. The molecule has 0 aromatic heterocycles. The minimum atomic E-state index is 0.0823. The molecule has 1 aliphatic rings. The molecule has 1 aromatic rings. The van der Waals surface area contributed by atoms with Crippen molar-refractivity contribution in [2.24, 2.45) is 0 Å². The van der Waals surface area contributed by atoms with Crippen molar-refractivity contribution in [3.8, 4) is 5.75 Å². The highest BCUT2D eigenvalue weighted by Crippen LogP contribution is 2.18. The van der Waals surface area contributed by atoms with Crippen LogP contribution in [0.25, 0.3) is 0 Å². The molecular formula is C17H26N2O2. The number of piperidine rings is 1. The first-order valence-corrected chi connectivity index (χ1v) is 7.77. The van der Waals surface area contributed by atoms with Gasteiger partial charge in [-0.2, -0.15) is 0 Å². The van der Waals surface area contributed by atoms with E-state index in [1.165, 1.54) is 5.56 Å². The first-order chi connectivity index (χ1) is 10.0. The predicted molar refractivity (Wildman–Crippen MR) is 84.7 cm³/mol. The first-order valence-electron chi connectivity index (χ1n) is 7.77. The van der Waals surface area contributed by atoms with E-state index in [0.717, 1.165) is 30.7 Å². The van der Waals surface area contributed by atoms with Crippen LogP contribution in [0.4, 0.5) is 0 Å². The molecular weight excluding hydrogens is 264 g/mol. The average molecular weight is 290 g/mol. The Balaban J connectivity index is 1.71. The van der Waals surface area contributed by atoms with Crippen LogP contribution in [0, 0.1) is 13.8 Å². The molecule has 4 nitrogen and oxygen atoms in total. The highest BCUT2D eigenvalue weighted by molar-refractivity contribution is 5.76. The molecule has 0 radical (unpaired) electrons. The Labute approximate surface area is 127 Å². The van der Waals surface area contributed by atoms with Crippen LogP contribution in [0.15, 0.2) is 18.2 Å². The maximum atomic E-state index is 11.9. The van der Waals surface area contributed by atoms with E-state index in [0.29, 0.717) is 25.1 Å². The van der Waals surface area contributed by atoms with Gasteiger partial charge >= 0.3 is 0 Å². The zero-order valence-corrected chi connectivity index (χ0v) is 13.2. The van der Waals surface area contributed by atoms with Crippen molar-refractivity contribution < 1.29 is 9.53 Å². The smallest absolute Gasteiger partial charge is 0.223 e. The minimum Gasteiger partial charge on any atom is -0.493 e. The Morgan fingerprint density at radius 3 is 2.95 bits per heavy atom. The van der Waals surface area contributed by atoms with E-state index in [1.807, 2.05) is 19.1 Å². The lowest BCUT2D eigenvalue weighted by Crippen LogP contribution is -2.46. The maximum Gasteiger partial charge on any atom is 0.223 e. The van der Waals surface area contributed by atoms with Crippen LogP contribution in [0.2, 0.25) is 0 Å². The van der Waals surface area contributed by atoms with Crippen LogP contribution in [0.3, 0.4) is 0 Å². The van der Waals surface area contributed by atoms with Crippen LogP contribution >= 0.6 is 0 Å². The van der Waals surface area contributed by atoms with E-state index < -0.39 is 0 Å². The lowest BCUT2D eigenvalue weighted by Gasteiger charge is -2.28. The molecule has 1 amide bonds. The number of amides is 1. The second-order valence-electron chi connectivity index (χ2n) is 6.01. The number of aryl methyl sites for hydroxylation is 2. The van der Waals surface area contributed by atoms with E-state index in [2.05, 4.69) is 30.5 Å². The van der Waals surface area contributed by atoms with Crippen molar-refractivity contribution in [2.75, 3.05) is 13.2 Å². The fraction of sp³-hybridized carbons (Fsp3) is 0.588. The van der Waals surface area contributed by atoms with Gasteiger partial charge in [0.2, 0.25) is 5.91 Å². The van der Waals surface area contributed by atoms with Crippen molar-refractivity contribution in [1.29, 1.82) is 0 Å². The molecule has 0 saturated carbocycles. The summed E-state index contributed by atoms with van der Waals surface area (Å²) in [7, 11) is 0. The van der Waals surface area contributed by atoms with Crippen molar-refractivity contribution in [3.05, 3.63) is 29.3 Å². The molecule has 4 heteroatoms. The van der Waals surface area contributed by atoms with E-state index in [1.54, 1.807) is 0 Å². The lowest BCUT2D eigenvalue weighted by atomic mass is 10.0. The van der Waals surface area contributed by atoms with Gasteiger partial charge in [0.15, 0.2) is 0 Å². The van der Waals surface area contributed by atoms with E-state index >= 15 is 0 Å². The largest absolute Gasteiger partial charge is 0.493 e. The molecule has 1 heterocycles. The molecule has 1 aromatic carbocycles. The van der Waals surface area contributed by atoms with Gasteiger partial charge in [0.25, 0.3) is 0 Å². The number of carbonyl (C=O) groups excluding carboxylic acids is 1. The fourth-order valence-corrected chi connectivity index (χ4v) is 2.78. The summed E-state index contributed by atoms with van der Waals surface area (Å²) in [5.41, 5.74) is 2.33. The van der Waals surface area contributed by atoms with Gasteiger partial charge in [-0.3, -0.25) is 4.79 Å². The molecule has 1 fully saturated rings. The van der Waals surface area contributed by atoms with Gasteiger partial charge in [-0.05, 0) is 51.8 Å². The van der Waals surface area contributed by atoms with Gasteiger partial charge in [-0.15, -0.1) is 0 Å².